The van der Waals surface area contributed by atoms with Crippen molar-refractivity contribution in [3.63, 3.8) is 0 Å². The summed E-state index contributed by atoms with van der Waals surface area (Å²) in [6.07, 6.45) is -15.3. The van der Waals surface area contributed by atoms with Gasteiger partial charge in [0.05, 0.1) is 88.7 Å². The first-order valence-electron chi connectivity index (χ1n) is 46.0. The number of aliphatic hydroxyl groups excluding tert-OH is 12. The summed E-state index contributed by atoms with van der Waals surface area (Å²) in [4.78, 5) is 127. The maximum atomic E-state index is 14.7. The maximum Gasteiger partial charge on any atom is 0.472 e. The predicted molar refractivity (Wildman–Crippen MR) is 448 cm³/mol. The van der Waals surface area contributed by atoms with Gasteiger partial charge in [-0.05, 0) is 25.7 Å². The molecule has 41 heteroatoms. The highest BCUT2D eigenvalue weighted by atomic mass is 31.2. The SMILES string of the molecule is CCCCCCCCCCCC(O)CC(=O)N[C@H]1[C@H](OC[C@H]2O[C@H](OP(=O)(O)O)[C@H](NC(=O)CC(O)CCCCCCCCCCC)[C@@H](OC(=O)CC(O)CCCCCCCCCCC)[C@@H]2O)O[C@H](CO[C@]2(C(=O)O)C[C@@H](O)[C@@H](O)[C@@H]([C@@H](CO)O[C@]3(C(=O)O)C[C@@H](O)[C@@H](O)[C@@H]([C@H](O)CO)O3)O2)[C@@H](OP(=O)(O)O)[C@@H]1OC(=O)CC(O)CCCCCCCCCCC. The van der Waals surface area contributed by atoms with Gasteiger partial charge in [0.2, 0.25) is 11.8 Å². The average molecular weight is 1850 g/mol. The largest absolute Gasteiger partial charge is 0.477 e. The molecule has 0 saturated carbocycles. The number of aliphatic hydroxyl groups is 12. The van der Waals surface area contributed by atoms with Gasteiger partial charge in [-0.15, -0.1) is 0 Å². The molecule has 24 atom stereocenters. The molecule has 4 aliphatic rings. The zero-order valence-corrected chi connectivity index (χ0v) is 75.5. The number of hydrogen-bond donors (Lipinski definition) is 20. The zero-order chi connectivity index (χ0) is 92.7. The van der Waals surface area contributed by atoms with Crippen molar-refractivity contribution in [2.24, 2.45) is 0 Å². The summed E-state index contributed by atoms with van der Waals surface area (Å²) in [5.41, 5.74) is 0. The second-order valence-corrected chi connectivity index (χ2v) is 36.7. The fourth-order valence-corrected chi connectivity index (χ4v) is 17.3. The number of rotatable bonds is 70. The Hall–Kier alpha value is -3.72. The molecule has 0 radical (unpaired) electrons. The van der Waals surface area contributed by atoms with Crippen molar-refractivity contribution in [1.29, 1.82) is 0 Å². The lowest BCUT2D eigenvalue weighted by molar-refractivity contribution is -0.371. The third kappa shape index (κ3) is 42.8. The van der Waals surface area contributed by atoms with Gasteiger partial charge < -0.3 is 144 Å². The third-order valence-corrected chi connectivity index (χ3v) is 24.3. The molecule has 4 saturated heterocycles. The highest BCUT2D eigenvalue weighted by Gasteiger charge is 2.62. The molecule has 39 nitrogen and oxygen atoms in total. The van der Waals surface area contributed by atoms with E-state index in [1.54, 1.807) is 0 Å². The summed E-state index contributed by atoms with van der Waals surface area (Å²) in [5, 5.41) is 160. The molecule has 0 aromatic rings. The van der Waals surface area contributed by atoms with Gasteiger partial charge in [-0.25, -0.2) is 18.7 Å². The molecule has 732 valence electrons. The third-order valence-electron chi connectivity index (χ3n) is 23.3. The summed E-state index contributed by atoms with van der Waals surface area (Å²) >= 11 is 0. The van der Waals surface area contributed by atoms with Gasteiger partial charge in [-0.3, -0.25) is 28.2 Å². The van der Waals surface area contributed by atoms with Crippen LogP contribution in [0.25, 0.3) is 0 Å². The Balaban J connectivity index is 1.91. The molecule has 20 N–H and O–H groups in total. The smallest absolute Gasteiger partial charge is 0.472 e. The highest BCUT2D eigenvalue weighted by Crippen LogP contribution is 2.46. The van der Waals surface area contributed by atoms with Crippen LogP contribution in [0, 0.1) is 0 Å². The Morgan fingerprint density at radius 2 is 0.752 bits per heavy atom. The number of nitrogens with one attached hydrogen (secondary N) is 2. The Morgan fingerprint density at radius 1 is 0.408 bits per heavy atom. The van der Waals surface area contributed by atoms with Crippen molar-refractivity contribution < 1.29 is 181 Å². The average Bonchev–Trinajstić information content (AvgIpc) is 0.762. The molecule has 4 unspecified atom stereocenters. The highest BCUT2D eigenvalue weighted by molar-refractivity contribution is 7.46. The first kappa shape index (κ1) is 114. The van der Waals surface area contributed by atoms with Crippen molar-refractivity contribution in [2.75, 3.05) is 26.4 Å². The van der Waals surface area contributed by atoms with Crippen molar-refractivity contribution in [3.05, 3.63) is 0 Å². The van der Waals surface area contributed by atoms with Gasteiger partial charge in [0.25, 0.3) is 11.6 Å². The van der Waals surface area contributed by atoms with Gasteiger partial charge in [0.1, 0.15) is 73.1 Å². The lowest BCUT2D eigenvalue weighted by Crippen LogP contribution is -2.69. The van der Waals surface area contributed by atoms with Crippen LogP contribution >= 0.6 is 15.6 Å². The van der Waals surface area contributed by atoms with Gasteiger partial charge in [0.15, 0.2) is 24.8 Å². The Kier molecular flexibility index (Phi) is 55.6. The van der Waals surface area contributed by atoms with Crippen molar-refractivity contribution >= 4 is 51.3 Å². The van der Waals surface area contributed by atoms with Crippen LogP contribution in [0.15, 0.2) is 0 Å². The number of hydrogen-bond acceptors (Lipinski definition) is 31. The summed E-state index contributed by atoms with van der Waals surface area (Å²) in [6, 6.07) is -4.32. The summed E-state index contributed by atoms with van der Waals surface area (Å²) in [7, 11) is -11.9. The number of esters is 2. The molecule has 125 heavy (non-hydrogen) atoms. The van der Waals surface area contributed by atoms with Crippen LogP contribution in [0.1, 0.15) is 323 Å². The Morgan fingerprint density at radius 3 is 1.13 bits per heavy atom. The number of unbranched alkanes of at least 4 members (excludes halogenated alkanes) is 32. The number of phosphoric ester groups is 2. The van der Waals surface area contributed by atoms with E-state index < -0.39 is 262 Å². The van der Waals surface area contributed by atoms with Crippen molar-refractivity contribution in [1.82, 2.24) is 10.6 Å². The Bertz CT molecular complexity index is 3090. The molecular formula is C84H154N2O37P2. The molecule has 0 aliphatic carbocycles. The first-order chi connectivity index (χ1) is 59.4. The van der Waals surface area contributed by atoms with Gasteiger partial charge in [-0.2, -0.15) is 0 Å². The molecule has 0 aromatic heterocycles. The van der Waals surface area contributed by atoms with E-state index in [0.717, 1.165) is 186 Å². The van der Waals surface area contributed by atoms with Crippen LogP contribution < -0.4 is 10.6 Å². The lowest BCUT2D eigenvalue weighted by atomic mass is 9.90. The summed E-state index contributed by atoms with van der Waals surface area (Å²) < 4.78 is 90.6. The first-order valence-corrected chi connectivity index (χ1v) is 49.0. The second-order valence-electron chi connectivity index (χ2n) is 34.3. The second kappa shape index (κ2) is 61.2. The molecule has 0 spiro atoms. The van der Waals surface area contributed by atoms with Gasteiger partial charge in [0, 0.05) is 12.8 Å². The van der Waals surface area contributed by atoms with Crippen LogP contribution in [-0.4, -0.2) is 299 Å². The monoisotopic (exact) mass is 1840 g/mol. The van der Waals surface area contributed by atoms with Crippen molar-refractivity contribution in [3.8, 4) is 0 Å². The molecule has 4 fully saturated rings. The number of carbonyl (C=O) groups is 6. The van der Waals surface area contributed by atoms with E-state index in [2.05, 4.69) is 38.3 Å². The van der Waals surface area contributed by atoms with E-state index in [9.17, 15) is 129 Å². The number of ether oxygens (including phenoxy) is 9. The van der Waals surface area contributed by atoms with Crippen LogP contribution in [0.5, 0.6) is 0 Å². The fraction of sp³-hybridized carbons (Fsp3) is 0.929. The minimum atomic E-state index is -6.07. The molecule has 0 bridgehead atoms. The quantitative estimate of drug-likeness (QED) is 0.0183. The number of aliphatic carboxylic acids is 2. The van der Waals surface area contributed by atoms with E-state index in [4.69, 9.17) is 51.7 Å². The maximum absolute atomic E-state index is 14.7. The molecule has 2 amide bonds. The van der Waals surface area contributed by atoms with Gasteiger partial charge in [-0.1, -0.05) is 259 Å². The van der Waals surface area contributed by atoms with Crippen LogP contribution in [0.4, 0.5) is 0 Å². The van der Waals surface area contributed by atoms with E-state index in [0.29, 0.717) is 44.9 Å². The molecule has 4 rings (SSSR count). The number of carboxylic acid groups (broad SMARTS) is 2. The lowest BCUT2D eigenvalue weighted by Gasteiger charge is -2.49. The van der Waals surface area contributed by atoms with Crippen molar-refractivity contribution in [2.45, 2.75) is 469 Å². The molecule has 4 aliphatic heterocycles. The number of carbonyl (C=O) groups excluding carboxylic acids is 4. The van der Waals surface area contributed by atoms with Crippen LogP contribution in [0.2, 0.25) is 0 Å². The van der Waals surface area contributed by atoms with E-state index in [1.165, 1.54) is 0 Å². The molecule has 4 heterocycles. The van der Waals surface area contributed by atoms with Crippen LogP contribution in [0.3, 0.4) is 0 Å². The number of amides is 2. The zero-order valence-electron chi connectivity index (χ0n) is 73.8. The molecular weight excluding hydrogens is 1690 g/mol. The topological polar surface area (TPSA) is 626 Å². The van der Waals surface area contributed by atoms with E-state index in [1.807, 2.05) is 0 Å². The minimum Gasteiger partial charge on any atom is -0.477 e. The minimum absolute atomic E-state index is 0.00264. The summed E-state index contributed by atoms with van der Waals surface area (Å²) in [6.45, 7) is 2.98. The Labute approximate surface area is 735 Å². The molecule has 0 aromatic carbocycles. The normalized spacial score (nSPS) is 28.3. The van der Waals surface area contributed by atoms with E-state index in [-0.39, 0.29) is 25.7 Å². The predicted octanol–water partition coefficient (Wildman–Crippen LogP) is 6.21. The summed E-state index contributed by atoms with van der Waals surface area (Å²) in [5.74, 6) is -15.8. The number of phosphoric acid groups is 2. The van der Waals surface area contributed by atoms with E-state index >= 15 is 0 Å². The number of carboxylic acids is 2. The standard InChI is InChI=1S/C84H154N2O37P2/c1-5-9-13-17-21-25-29-33-37-41-55(89)45-65(96)85-69-77(117-67(98)47-57(91)43-39-35-31-27-23-19-15-11-7-3)73(102)63(115-80(69)123-125(110,111)112)53-113-79-70(86-66(97)46-56(90)42-38-34-30-26-22-18-14-10-6-2)78(118-68(99)48-58(92)44-40-36-32-28-24-20-16-12-8-4)76(122-124(107,108)109)64(116-79)54-114-83(81(103)104)49-59(93)72(101)75(121-83)62(52-88)119-84(82(105)106)50-60(94)71(100)74(120-84)61(95)51-87/h55-64,69-80,87-95,100-102H,5-54H2,1-4H3,(H,85,96)(H,86,97)(H,103,104)(H,105,106)(H2,107,108,109)(H2,110,111,112)/t55?,56?,57?,58?,59-,60-,61-,62-,63-,64-,69-,70-,71-,72-,73-,74-,75-,76-,77-,78-,79-,80-,83-,84-/m1/s1. The van der Waals surface area contributed by atoms with Gasteiger partial charge >= 0.3 is 39.5 Å². The van der Waals surface area contributed by atoms with Crippen LogP contribution in [-0.2, 0) is 89.6 Å². The fourth-order valence-electron chi connectivity index (χ4n) is 16.2.